The first-order chi connectivity index (χ1) is 9.45. The Morgan fingerprint density at radius 3 is 1.76 bits per heavy atom. The van der Waals surface area contributed by atoms with E-state index in [2.05, 4.69) is 9.97 Å². The summed E-state index contributed by atoms with van der Waals surface area (Å²) in [4.78, 5) is 7.07. The monoisotopic (exact) mass is 298 g/mol. The van der Waals surface area contributed by atoms with E-state index < -0.39 is 18.5 Å². The van der Waals surface area contributed by atoms with Gasteiger partial charge in [0.05, 0.1) is 28.6 Å². The molecule has 6 N–H and O–H groups in total. The summed E-state index contributed by atoms with van der Waals surface area (Å²) in [6.07, 6.45) is 1.70. The Bertz CT molecular complexity index is 472. The Morgan fingerprint density at radius 2 is 1.38 bits per heavy atom. The number of aromatic amines is 1. The maximum Gasteiger partial charge on any atom is 0.631 e. The van der Waals surface area contributed by atoms with Gasteiger partial charge in [-0.05, 0) is 39.8 Å². The number of aliphatic hydroxyl groups is 2. The molecule has 0 bridgehead atoms. The zero-order valence-corrected chi connectivity index (χ0v) is 12.6. The van der Waals surface area contributed by atoms with Gasteiger partial charge >= 0.3 is 7.32 Å². The number of rotatable bonds is 1. The minimum absolute atomic E-state index is 1.01. The first-order valence-electron chi connectivity index (χ1n) is 6.32. The van der Waals surface area contributed by atoms with Crippen LogP contribution in [0.1, 0.15) is 27.7 Å². The highest BCUT2D eigenvalue weighted by molar-refractivity contribution is 6.30. The van der Waals surface area contributed by atoms with E-state index in [1.165, 1.54) is 0 Å². The average molecular weight is 298 g/mol. The number of imidazole rings is 1. The summed E-state index contributed by atoms with van der Waals surface area (Å²) in [7, 11) is -2.17. The Balaban J connectivity index is 0.000000310. The molecule has 7 nitrogen and oxygen atoms in total. The summed E-state index contributed by atoms with van der Waals surface area (Å²) in [5.41, 5.74) is 0.106. The molecule has 2 aromatic rings. The van der Waals surface area contributed by atoms with Crippen LogP contribution in [0.25, 0.3) is 11.0 Å². The number of fused-ring (bicyclic) bond motifs is 1. The third-order valence-corrected chi connectivity index (χ3v) is 2.82. The lowest BCUT2D eigenvalue weighted by Gasteiger charge is -2.31. The fourth-order valence-corrected chi connectivity index (χ4v) is 0.880. The largest absolute Gasteiger partial charge is 0.631 e. The zero-order chi connectivity index (χ0) is 16.7. The minimum Gasteiger partial charge on any atom is -0.402 e. The predicted octanol–water partition coefficient (Wildman–Crippen LogP) is 0.0393. The van der Waals surface area contributed by atoms with Crippen LogP contribution in [0.3, 0.4) is 0 Å². The summed E-state index contributed by atoms with van der Waals surface area (Å²) in [6.45, 7) is 6.31. The molecule has 118 valence electrons. The maximum atomic E-state index is 9.10. The predicted molar refractivity (Wildman–Crippen MR) is 81.1 cm³/mol. The van der Waals surface area contributed by atoms with Crippen LogP contribution in [-0.4, -0.2) is 53.8 Å². The molecule has 1 aromatic carbocycles. The lowest BCUT2D eigenvalue weighted by atomic mass is 9.90. The van der Waals surface area contributed by atoms with Gasteiger partial charge in [-0.3, -0.25) is 0 Å². The number of benzene rings is 1. The summed E-state index contributed by atoms with van der Waals surface area (Å²) in [6, 6.07) is 7.94. The van der Waals surface area contributed by atoms with Gasteiger partial charge in [-0.15, -0.1) is 0 Å². The van der Waals surface area contributed by atoms with E-state index in [0.29, 0.717) is 0 Å². The van der Waals surface area contributed by atoms with Gasteiger partial charge in [-0.1, -0.05) is 12.1 Å². The fraction of sp³-hybridized carbons (Fsp3) is 0.462. The summed E-state index contributed by atoms with van der Waals surface area (Å²) >= 11 is 0. The summed E-state index contributed by atoms with van der Waals surface area (Å²) in [5, 5.41) is 39.7. The molecule has 1 heterocycles. The molecule has 0 radical (unpaired) electrons. The molecular formula is C13H23BN2O5. The maximum absolute atomic E-state index is 9.10. The van der Waals surface area contributed by atoms with Crippen molar-refractivity contribution in [1.29, 1.82) is 0 Å². The lowest BCUT2D eigenvalue weighted by molar-refractivity contribution is -0.107. The van der Waals surface area contributed by atoms with Gasteiger partial charge in [-0.25, -0.2) is 4.98 Å². The number of nitrogens with one attached hydrogen (secondary N) is 1. The number of hydrogen-bond donors (Lipinski definition) is 6. The van der Waals surface area contributed by atoms with Gasteiger partial charge in [0, 0.05) is 0 Å². The van der Waals surface area contributed by atoms with Crippen LogP contribution in [-0.2, 0) is 0 Å². The zero-order valence-electron chi connectivity index (χ0n) is 12.6. The highest BCUT2D eigenvalue weighted by Gasteiger charge is 2.31. The quantitative estimate of drug-likeness (QED) is 0.412. The topological polar surface area (TPSA) is 130 Å². The van der Waals surface area contributed by atoms with Crippen molar-refractivity contribution in [1.82, 2.24) is 9.97 Å². The van der Waals surface area contributed by atoms with Gasteiger partial charge in [-0.2, -0.15) is 0 Å². The van der Waals surface area contributed by atoms with Crippen LogP contribution in [0.4, 0.5) is 0 Å². The lowest BCUT2D eigenvalue weighted by Crippen LogP contribution is -2.44. The van der Waals surface area contributed by atoms with E-state index in [9.17, 15) is 0 Å². The van der Waals surface area contributed by atoms with Gasteiger partial charge in [0.1, 0.15) is 0 Å². The van der Waals surface area contributed by atoms with E-state index in [0.717, 1.165) is 11.0 Å². The highest BCUT2D eigenvalue weighted by atomic mass is 16.5. The molecule has 8 heteroatoms. The van der Waals surface area contributed by atoms with Crippen molar-refractivity contribution in [2.24, 2.45) is 0 Å². The van der Waals surface area contributed by atoms with Gasteiger partial charge < -0.3 is 30.3 Å². The number of para-hydroxylation sites is 2. The van der Waals surface area contributed by atoms with Crippen molar-refractivity contribution in [3.05, 3.63) is 30.6 Å². The Morgan fingerprint density at radius 1 is 0.952 bits per heavy atom. The van der Waals surface area contributed by atoms with Crippen molar-refractivity contribution in [2.45, 2.75) is 38.9 Å². The van der Waals surface area contributed by atoms with E-state index in [4.69, 9.17) is 25.3 Å². The van der Waals surface area contributed by atoms with Crippen molar-refractivity contribution in [3.8, 4) is 0 Å². The number of hydrogen-bond acceptors (Lipinski definition) is 6. The SMILES string of the molecule is CC(C)(O)C(C)(C)O.OB(O)O.c1ccc2[nH]cnc2c1. The third kappa shape index (κ3) is 8.43. The second-order valence-electron chi connectivity index (χ2n) is 5.38. The van der Waals surface area contributed by atoms with Crippen LogP contribution in [0.15, 0.2) is 30.6 Å². The van der Waals surface area contributed by atoms with Crippen LogP contribution in [0.5, 0.6) is 0 Å². The standard InChI is InChI=1S/C7H6N2.C6H14O2.BH3O3/c1-2-4-7-6(3-1)8-5-9-7;1-5(2,7)6(3,4)8;2-1(3)4/h1-5H,(H,8,9);7-8H,1-4H3;2-4H. The van der Waals surface area contributed by atoms with Crippen molar-refractivity contribution < 1.29 is 25.3 Å². The fourth-order valence-electron chi connectivity index (χ4n) is 0.880. The highest BCUT2D eigenvalue weighted by Crippen LogP contribution is 2.19. The van der Waals surface area contributed by atoms with E-state index in [-0.39, 0.29) is 0 Å². The van der Waals surface area contributed by atoms with E-state index in [1.54, 1.807) is 34.0 Å². The summed E-state index contributed by atoms with van der Waals surface area (Å²) in [5.74, 6) is 0. The van der Waals surface area contributed by atoms with Gasteiger partial charge in [0.25, 0.3) is 0 Å². The average Bonchev–Trinajstić information content (AvgIpc) is 2.73. The first kappa shape index (κ1) is 19.6. The molecular weight excluding hydrogens is 275 g/mol. The summed E-state index contributed by atoms with van der Waals surface area (Å²) < 4.78 is 0. The normalized spacial score (nSPS) is 11.1. The minimum atomic E-state index is -2.17. The Kier molecular flexibility index (Phi) is 7.55. The molecule has 1 aromatic heterocycles. The molecule has 0 fully saturated rings. The molecule has 0 saturated heterocycles. The van der Waals surface area contributed by atoms with Crippen LogP contribution in [0.2, 0.25) is 0 Å². The third-order valence-electron chi connectivity index (χ3n) is 2.82. The van der Waals surface area contributed by atoms with Gasteiger partial charge in [0.15, 0.2) is 0 Å². The number of H-pyrrole nitrogens is 1. The molecule has 0 aliphatic rings. The second kappa shape index (κ2) is 8.11. The molecule has 21 heavy (non-hydrogen) atoms. The molecule has 0 aliphatic carbocycles. The molecule has 0 spiro atoms. The molecule has 0 unspecified atom stereocenters. The van der Waals surface area contributed by atoms with E-state index in [1.807, 2.05) is 24.3 Å². The van der Waals surface area contributed by atoms with Crippen LogP contribution < -0.4 is 0 Å². The Labute approximate surface area is 124 Å². The van der Waals surface area contributed by atoms with Crippen LogP contribution in [0, 0.1) is 0 Å². The first-order valence-corrected chi connectivity index (χ1v) is 6.32. The molecule has 0 atom stereocenters. The molecule has 2 rings (SSSR count). The van der Waals surface area contributed by atoms with Crippen molar-refractivity contribution in [3.63, 3.8) is 0 Å². The van der Waals surface area contributed by atoms with E-state index >= 15 is 0 Å². The molecule has 0 aliphatic heterocycles. The van der Waals surface area contributed by atoms with Crippen molar-refractivity contribution >= 4 is 18.4 Å². The second-order valence-corrected chi connectivity index (χ2v) is 5.38. The van der Waals surface area contributed by atoms with Gasteiger partial charge in [0.2, 0.25) is 0 Å². The number of aromatic nitrogens is 2. The molecule has 0 saturated carbocycles. The smallest absolute Gasteiger partial charge is 0.402 e. The molecule has 0 amide bonds. The van der Waals surface area contributed by atoms with Crippen molar-refractivity contribution in [2.75, 3.05) is 0 Å². The number of nitrogens with zero attached hydrogens (tertiary/aromatic N) is 1. The van der Waals surface area contributed by atoms with Crippen LogP contribution >= 0.6 is 0 Å². The Hall–Kier alpha value is -1.45.